The van der Waals surface area contributed by atoms with Crippen LogP contribution in [0.2, 0.25) is 0 Å². The van der Waals surface area contributed by atoms with Gasteiger partial charge in [-0.2, -0.15) is 5.10 Å². The molecule has 0 radical (unpaired) electrons. The van der Waals surface area contributed by atoms with E-state index in [2.05, 4.69) is 17.3 Å². The Morgan fingerprint density at radius 3 is 2.73 bits per heavy atom. The SMILES string of the molecule is CCCn1cc(CNC(CO)CC(O)c2ccccc2)cn1. The molecule has 3 N–H and O–H groups in total. The Bertz CT molecular complexity index is 542. The monoisotopic (exact) mass is 303 g/mol. The van der Waals surface area contributed by atoms with Crippen molar-refractivity contribution in [3.8, 4) is 0 Å². The van der Waals surface area contributed by atoms with Gasteiger partial charge >= 0.3 is 0 Å². The van der Waals surface area contributed by atoms with Gasteiger partial charge in [0.25, 0.3) is 0 Å². The molecule has 0 fully saturated rings. The molecule has 1 aromatic carbocycles. The molecule has 0 aliphatic carbocycles. The summed E-state index contributed by atoms with van der Waals surface area (Å²) in [7, 11) is 0. The van der Waals surface area contributed by atoms with E-state index >= 15 is 0 Å². The first-order valence-corrected chi connectivity index (χ1v) is 7.81. The van der Waals surface area contributed by atoms with Crippen molar-refractivity contribution in [2.24, 2.45) is 0 Å². The van der Waals surface area contributed by atoms with Crippen LogP contribution in [0.1, 0.15) is 37.0 Å². The Balaban J connectivity index is 1.83. The van der Waals surface area contributed by atoms with Gasteiger partial charge in [-0.25, -0.2) is 0 Å². The zero-order valence-electron chi connectivity index (χ0n) is 13.0. The lowest BCUT2D eigenvalue weighted by Crippen LogP contribution is -2.33. The molecule has 2 rings (SSSR count). The third-order valence-corrected chi connectivity index (χ3v) is 3.65. The van der Waals surface area contributed by atoms with Gasteiger partial charge in [0.05, 0.1) is 18.9 Å². The molecule has 2 aromatic rings. The molecule has 2 unspecified atom stereocenters. The van der Waals surface area contributed by atoms with Crippen LogP contribution in [0.3, 0.4) is 0 Å². The maximum atomic E-state index is 10.2. The van der Waals surface area contributed by atoms with Crippen LogP contribution in [0.25, 0.3) is 0 Å². The molecule has 5 nitrogen and oxygen atoms in total. The first-order chi connectivity index (χ1) is 10.7. The van der Waals surface area contributed by atoms with Crippen LogP contribution in [-0.4, -0.2) is 32.6 Å². The van der Waals surface area contributed by atoms with Crippen molar-refractivity contribution in [3.63, 3.8) is 0 Å². The molecule has 0 amide bonds. The van der Waals surface area contributed by atoms with E-state index in [4.69, 9.17) is 0 Å². The number of aliphatic hydroxyl groups excluding tert-OH is 2. The minimum Gasteiger partial charge on any atom is -0.395 e. The highest BCUT2D eigenvalue weighted by Gasteiger charge is 2.15. The highest BCUT2D eigenvalue weighted by atomic mass is 16.3. The zero-order valence-corrected chi connectivity index (χ0v) is 13.0. The van der Waals surface area contributed by atoms with Crippen molar-refractivity contribution in [1.82, 2.24) is 15.1 Å². The zero-order chi connectivity index (χ0) is 15.8. The van der Waals surface area contributed by atoms with Gasteiger partial charge in [-0.15, -0.1) is 0 Å². The standard InChI is InChI=1S/C17H25N3O2/c1-2-8-20-12-14(11-19-20)10-18-16(13-21)9-17(22)15-6-4-3-5-7-15/h3-7,11-12,16-18,21-22H,2,8-10,13H2,1H3. The van der Waals surface area contributed by atoms with Crippen LogP contribution in [0.5, 0.6) is 0 Å². The van der Waals surface area contributed by atoms with E-state index < -0.39 is 6.10 Å². The fourth-order valence-corrected chi connectivity index (χ4v) is 2.41. The van der Waals surface area contributed by atoms with Crippen LogP contribution in [0.15, 0.2) is 42.7 Å². The van der Waals surface area contributed by atoms with Crippen molar-refractivity contribution in [2.45, 2.75) is 45.0 Å². The van der Waals surface area contributed by atoms with Gasteiger partial charge in [0, 0.05) is 30.9 Å². The lowest BCUT2D eigenvalue weighted by molar-refractivity contribution is 0.129. The van der Waals surface area contributed by atoms with E-state index in [1.54, 1.807) is 0 Å². The van der Waals surface area contributed by atoms with Crippen LogP contribution in [-0.2, 0) is 13.1 Å². The Morgan fingerprint density at radius 1 is 1.27 bits per heavy atom. The number of hydrogen-bond acceptors (Lipinski definition) is 4. The first-order valence-electron chi connectivity index (χ1n) is 7.81. The van der Waals surface area contributed by atoms with Crippen LogP contribution in [0.4, 0.5) is 0 Å². The minimum absolute atomic E-state index is 0.00695. The van der Waals surface area contributed by atoms with Crippen molar-refractivity contribution in [3.05, 3.63) is 53.9 Å². The topological polar surface area (TPSA) is 70.3 Å². The highest BCUT2D eigenvalue weighted by molar-refractivity contribution is 5.17. The number of nitrogens with zero attached hydrogens (tertiary/aromatic N) is 2. The number of aliphatic hydroxyl groups is 2. The summed E-state index contributed by atoms with van der Waals surface area (Å²) in [6.07, 6.45) is 4.80. The first kappa shape index (κ1) is 16.7. The molecule has 5 heteroatoms. The lowest BCUT2D eigenvalue weighted by atomic mass is 10.0. The summed E-state index contributed by atoms with van der Waals surface area (Å²) in [5.41, 5.74) is 1.96. The molecule has 0 spiro atoms. The van der Waals surface area contributed by atoms with Crippen molar-refractivity contribution >= 4 is 0 Å². The molecule has 0 saturated heterocycles. The molecular formula is C17H25N3O2. The molecule has 0 aliphatic rings. The van der Waals surface area contributed by atoms with Gasteiger partial charge in [-0.3, -0.25) is 4.68 Å². The van der Waals surface area contributed by atoms with Gasteiger partial charge < -0.3 is 15.5 Å². The van der Waals surface area contributed by atoms with Crippen molar-refractivity contribution < 1.29 is 10.2 Å². The van der Waals surface area contributed by atoms with Gasteiger partial charge in [-0.05, 0) is 18.4 Å². The van der Waals surface area contributed by atoms with Gasteiger partial charge in [0.15, 0.2) is 0 Å². The third kappa shape index (κ3) is 4.94. The van der Waals surface area contributed by atoms with E-state index in [0.717, 1.165) is 24.1 Å². The number of nitrogens with one attached hydrogen (secondary N) is 1. The number of aryl methyl sites for hydroxylation is 1. The van der Waals surface area contributed by atoms with Crippen LogP contribution in [0, 0.1) is 0 Å². The molecule has 0 bridgehead atoms. The average molecular weight is 303 g/mol. The Hall–Kier alpha value is -1.69. The maximum Gasteiger partial charge on any atom is 0.0805 e. The Kier molecular flexibility index (Phi) is 6.58. The summed E-state index contributed by atoms with van der Waals surface area (Å²) in [4.78, 5) is 0. The van der Waals surface area contributed by atoms with Crippen molar-refractivity contribution in [2.75, 3.05) is 6.61 Å². The number of rotatable bonds is 9. The second-order valence-corrected chi connectivity index (χ2v) is 5.53. The smallest absolute Gasteiger partial charge is 0.0805 e. The van der Waals surface area contributed by atoms with Gasteiger partial charge in [0.1, 0.15) is 0 Å². The largest absolute Gasteiger partial charge is 0.395 e. The van der Waals surface area contributed by atoms with E-state index in [1.165, 1.54) is 0 Å². The Morgan fingerprint density at radius 2 is 2.05 bits per heavy atom. The van der Waals surface area contributed by atoms with E-state index in [-0.39, 0.29) is 12.6 Å². The predicted octanol–water partition coefficient (Wildman–Crippen LogP) is 1.87. The summed E-state index contributed by atoms with van der Waals surface area (Å²) >= 11 is 0. The minimum atomic E-state index is -0.575. The molecule has 120 valence electrons. The van der Waals surface area contributed by atoms with E-state index in [0.29, 0.717) is 13.0 Å². The summed E-state index contributed by atoms with van der Waals surface area (Å²) in [6.45, 7) is 3.66. The summed E-state index contributed by atoms with van der Waals surface area (Å²) in [6, 6.07) is 9.38. The normalized spacial score (nSPS) is 14.0. The lowest BCUT2D eigenvalue weighted by Gasteiger charge is -2.19. The highest BCUT2D eigenvalue weighted by Crippen LogP contribution is 2.18. The van der Waals surface area contributed by atoms with Gasteiger partial charge in [-0.1, -0.05) is 37.3 Å². The molecular weight excluding hydrogens is 278 g/mol. The summed E-state index contributed by atoms with van der Waals surface area (Å²) in [5, 5.41) is 27.3. The predicted molar refractivity (Wildman–Crippen MR) is 86.3 cm³/mol. The Labute approximate surface area is 131 Å². The number of benzene rings is 1. The molecule has 0 saturated carbocycles. The number of aromatic nitrogens is 2. The van der Waals surface area contributed by atoms with Crippen LogP contribution >= 0.6 is 0 Å². The number of hydrogen-bond donors (Lipinski definition) is 3. The summed E-state index contributed by atoms with van der Waals surface area (Å²) < 4.78 is 1.92. The van der Waals surface area contributed by atoms with Gasteiger partial charge in [0.2, 0.25) is 0 Å². The fourth-order valence-electron chi connectivity index (χ4n) is 2.41. The molecule has 1 heterocycles. The quantitative estimate of drug-likeness (QED) is 0.661. The molecule has 0 aliphatic heterocycles. The van der Waals surface area contributed by atoms with Crippen LogP contribution < -0.4 is 5.32 Å². The molecule has 1 aromatic heterocycles. The average Bonchev–Trinajstić information content (AvgIpc) is 3.00. The second kappa shape index (κ2) is 8.68. The fraction of sp³-hybridized carbons (Fsp3) is 0.471. The van der Waals surface area contributed by atoms with Crippen molar-refractivity contribution in [1.29, 1.82) is 0 Å². The molecule has 2 atom stereocenters. The second-order valence-electron chi connectivity index (χ2n) is 5.53. The molecule has 22 heavy (non-hydrogen) atoms. The van der Waals surface area contributed by atoms with E-state index in [1.807, 2.05) is 47.4 Å². The maximum absolute atomic E-state index is 10.2. The third-order valence-electron chi connectivity index (χ3n) is 3.65. The summed E-state index contributed by atoms with van der Waals surface area (Å²) in [5.74, 6) is 0. The van der Waals surface area contributed by atoms with E-state index in [9.17, 15) is 10.2 Å².